The molecule has 0 fully saturated rings. The predicted octanol–water partition coefficient (Wildman–Crippen LogP) is 6.07. The standard InChI is InChI=1S/C23H48O7S/c1-6-10-11-12-13-14-15-16-17-18-19-20-21-30-22(5,27-7-2)23(28-8-3,29-9-4)31(24,25)26/h6-21H2,1-5H3,(H,24,25,26). The predicted molar refractivity (Wildman–Crippen MR) is 125 cm³/mol. The molecule has 0 aliphatic carbocycles. The quantitative estimate of drug-likeness (QED) is 0.117. The van der Waals surface area contributed by atoms with Crippen molar-refractivity contribution in [1.29, 1.82) is 0 Å². The van der Waals surface area contributed by atoms with E-state index in [4.69, 9.17) is 18.9 Å². The van der Waals surface area contributed by atoms with Gasteiger partial charge in [-0.1, -0.05) is 77.6 Å². The molecule has 7 nitrogen and oxygen atoms in total. The maximum absolute atomic E-state index is 12.2. The molecule has 0 aromatic rings. The van der Waals surface area contributed by atoms with Crippen molar-refractivity contribution < 1.29 is 31.9 Å². The largest absolute Gasteiger partial charge is 0.355 e. The highest BCUT2D eigenvalue weighted by Gasteiger charge is 2.63. The Morgan fingerprint density at radius 3 is 1.35 bits per heavy atom. The normalized spacial score (nSPS) is 14.6. The van der Waals surface area contributed by atoms with Crippen LogP contribution in [0.25, 0.3) is 0 Å². The summed E-state index contributed by atoms with van der Waals surface area (Å²) >= 11 is 0. The first-order valence-electron chi connectivity index (χ1n) is 12.3. The summed E-state index contributed by atoms with van der Waals surface area (Å²) in [4.78, 5) is 0. The van der Waals surface area contributed by atoms with Crippen LogP contribution < -0.4 is 0 Å². The lowest BCUT2D eigenvalue weighted by molar-refractivity contribution is -0.366. The Balaban J connectivity index is 4.46. The van der Waals surface area contributed by atoms with Gasteiger partial charge in [0.15, 0.2) is 0 Å². The van der Waals surface area contributed by atoms with E-state index in [9.17, 15) is 13.0 Å². The Kier molecular flexibility index (Phi) is 17.1. The van der Waals surface area contributed by atoms with Gasteiger partial charge in [-0.15, -0.1) is 0 Å². The van der Waals surface area contributed by atoms with Gasteiger partial charge in [0.2, 0.25) is 5.79 Å². The van der Waals surface area contributed by atoms with Gasteiger partial charge in [0, 0.05) is 19.8 Å². The average molecular weight is 469 g/mol. The second-order valence-corrected chi connectivity index (χ2v) is 9.50. The van der Waals surface area contributed by atoms with Crippen LogP contribution in [0.3, 0.4) is 0 Å². The van der Waals surface area contributed by atoms with Crippen LogP contribution in [0.2, 0.25) is 0 Å². The topological polar surface area (TPSA) is 91.3 Å². The van der Waals surface area contributed by atoms with E-state index in [2.05, 4.69) is 6.92 Å². The lowest BCUT2D eigenvalue weighted by Crippen LogP contribution is -2.63. The van der Waals surface area contributed by atoms with Crippen LogP contribution in [-0.4, -0.2) is 50.3 Å². The smallest absolute Gasteiger partial charge is 0.345 e. The van der Waals surface area contributed by atoms with Crippen LogP contribution in [-0.2, 0) is 29.1 Å². The number of hydrogen-bond acceptors (Lipinski definition) is 6. The van der Waals surface area contributed by atoms with Gasteiger partial charge in [0.25, 0.3) is 0 Å². The number of rotatable bonds is 22. The van der Waals surface area contributed by atoms with Gasteiger partial charge in [-0.05, 0) is 34.1 Å². The molecule has 8 heteroatoms. The molecule has 0 aromatic heterocycles. The molecule has 0 radical (unpaired) electrons. The Hall–Kier alpha value is -0.250. The minimum absolute atomic E-state index is 0.00438. The van der Waals surface area contributed by atoms with Crippen molar-refractivity contribution in [2.24, 2.45) is 0 Å². The molecular formula is C23H48O7S. The summed E-state index contributed by atoms with van der Waals surface area (Å²) < 4.78 is 56.7. The van der Waals surface area contributed by atoms with Crippen molar-refractivity contribution >= 4 is 10.1 Å². The van der Waals surface area contributed by atoms with Gasteiger partial charge in [0.05, 0.1) is 6.61 Å². The molecule has 1 unspecified atom stereocenters. The molecule has 1 atom stereocenters. The molecule has 0 saturated heterocycles. The van der Waals surface area contributed by atoms with Crippen LogP contribution in [0.15, 0.2) is 0 Å². The van der Waals surface area contributed by atoms with E-state index >= 15 is 0 Å². The summed E-state index contributed by atoms with van der Waals surface area (Å²) in [6.45, 7) is 9.11. The minimum Gasteiger partial charge on any atom is -0.345 e. The molecule has 0 bridgehead atoms. The maximum Gasteiger partial charge on any atom is 0.355 e. The highest BCUT2D eigenvalue weighted by molar-refractivity contribution is 7.87. The highest BCUT2D eigenvalue weighted by Crippen LogP contribution is 2.37. The summed E-state index contributed by atoms with van der Waals surface area (Å²) in [7, 11) is -4.79. The Morgan fingerprint density at radius 1 is 0.613 bits per heavy atom. The van der Waals surface area contributed by atoms with Crippen molar-refractivity contribution in [2.45, 2.75) is 123 Å². The highest BCUT2D eigenvalue weighted by atomic mass is 32.2. The fourth-order valence-corrected chi connectivity index (χ4v) is 4.89. The number of hydrogen-bond donors (Lipinski definition) is 1. The molecule has 188 valence electrons. The van der Waals surface area contributed by atoms with Crippen molar-refractivity contribution in [2.75, 3.05) is 26.4 Å². The van der Waals surface area contributed by atoms with Crippen molar-refractivity contribution in [3.63, 3.8) is 0 Å². The molecule has 0 aliphatic heterocycles. The van der Waals surface area contributed by atoms with E-state index in [1.807, 2.05) is 0 Å². The average Bonchev–Trinajstić information content (AvgIpc) is 2.70. The van der Waals surface area contributed by atoms with Gasteiger partial charge in [-0.3, -0.25) is 4.55 Å². The van der Waals surface area contributed by atoms with E-state index in [1.54, 1.807) is 20.8 Å². The monoisotopic (exact) mass is 468 g/mol. The summed E-state index contributed by atoms with van der Waals surface area (Å²) in [5, 5.41) is -2.43. The number of unbranched alkanes of at least 4 members (excludes halogenated alkanes) is 11. The molecule has 1 N–H and O–H groups in total. The third kappa shape index (κ3) is 10.9. The maximum atomic E-state index is 12.2. The van der Waals surface area contributed by atoms with E-state index in [1.165, 1.54) is 64.7 Å². The van der Waals surface area contributed by atoms with E-state index in [-0.39, 0.29) is 26.4 Å². The Labute approximate surface area is 191 Å². The zero-order valence-corrected chi connectivity index (χ0v) is 21.4. The van der Waals surface area contributed by atoms with Gasteiger partial charge in [-0.25, -0.2) is 0 Å². The molecule has 0 aliphatic rings. The Morgan fingerprint density at radius 2 is 1.00 bits per heavy atom. The van der Waals surface area contributed by atoms with E-state index < -0.39 is 21.0 Å². The zero-order valence-electron chi connectivity index (χ0n) is 20.6. The summed E-state index contributed by atoms with van der Waals surface area (Å²) in [5.74, 6) is -1.79. The molecule has 0 aromatic carbocycles. The lowest BCUT2D eigenvalue weighted by atomic mass is 10.1. The molecule has 0 saturated carbocycles. The summed E-state index contributed by atoms with van der Waals surface area (Å²) in [6, 6.07) is 0. The van der Waals surface area contributed by atoms with Gasteiger partial charge in [0.1, 0.15) is 0 Å². The molecule has 0 amide bonds. The van der Waals surface area contributed by atoms with Gasteiger partial charge < -0.3 is 18.9 Å². The van der Waals surface area contributed by atoms with Crippen molar-refractivity contribution in [3.8, 4) is 0 Å². The fourth-order valence-electron chi connectivity index (χ4n) is 3.77. The van der Waals surface area contributed by atoms with Crippen LogP contribution in [0, 0.1) is 0 Å². The molecule has 0 rings (SSSR count). The van der Waals surface area contributed by atoms with Crippen molar-refractivity contribution in [1.82, 2.24) is 0 Å². The third-order valence-electron chi connectivity index (χ3n) is 5.36. The first-order valence-corrected chi connectivity index (χ1v) is 13.7. The Bertz CT molecular complexity index is 518. The minimum atomic E-state index is -4.79. The molecule has 0 spiro atoms. The first-order chi connectivity index (χ1) is 14.7. The SMILES string of the molecule is CCCCCCCCCCCCCCOC(C)(OCC)C(OCC)(OCC)S(=O)(=O)O. The second kappa shape index (κ2) is 17.3. The van der Waals surface area contributed by atoms with E-state index in [0.29, 0.717) is 0 Å². The van der Waals surface area contributed by atoms with Crippen LogP contribution in [0.1, 0.15) is 112 Å². The lowest BCUT2D eigenvalue weighted by Gasteiger charge is -2.43. The van der Waals surface area contributed by atoms with Crippen LogP contribution in [0.5, 0.6) is 0 Å². The molecule has 31 heavy (non-hydrogen) atoms. The first kappa shape index (κ1) is 30.8. The van der Waals surface area contributed by atoms with Crippen LogP contribution >= 0.6 is 0 Å². The molecular weight excluding hydrogens is 420 g/mol. The summed E-state index contributed by atoms with van der Waals surface area (Å²) in [5.41, 5.74) is 0. The van der Waals surface area contributed by atoms with Crippen LogP contribution in [0.4, 0.5) is 0 Å². The van der Waals surface area contributed by atoms with Gasteiger partial charge >= 0.3 is 15.2 Å². The number of ether oxygens (including phenoxy) is 4. The fraction of sp³-hybridized carbons (Fsp3) is 1.00. The van der Waals surface area contributed by atoms with Gasteiger partial charge in [-0.2, -0.15) is 8.42 Å². The van der Waals surface area contributed by atoms with E-state index in [0.717, 1.165) is 19.3 Å². The summed E-state index contributed by atoms with van der Waals surface area (Å²) in [6.07, 6.45) is 14.7. The molecule has 0 heterocycles. The van der Waals surface area contributed by atoms with Crippen molar-refractivity contribution in [3.05, 3.63) is 0 Å². The zero-order chi connectivity index (χ0) is 23.6. The third-order valence-corrected chi connectivity index (χ3v) is 6.65. The second-order valence-electron chi connectivity index (χ2n) is 8.01.